The van der Waals surface area contributed by atoms with E-state index in [1.54, 1.807) is 17.2 Å². The second-order valence-corrected chi connectivity index (χ2v) is 7.73. The highest BCUT2D eigenvalue weighted by molar-refractivity contribution is 5.96. The molecule has 1 aliphatic carbocycles. The summed E-state index contributed by atoms with van der Waals surface area (Å²) in [6, 6.07) is 13.8. The molecular formula is C24H23N5O2. The number of ether oxygens (including phenoxy) is 1. The van der Waals surface area contributed by atoms with Crippen LogP contribution in [0.5, 0.6) is 5.75 Å². The summed E-state index contributed by atoms with van der Waals surface area (Å²) in [7, 11) is 0. The lowest BCUT2D eigenvalue weighted by Crippen LogP contribution is -2.25. The van der Waals surface area contributed by atoms with Gasteiger partial charge in [-0.1, -0.05) is 18.2 Å². The first-order valence-electron chi connectivity index (χ1n) is 10.5. The minimum atomic E-state index is -0.0525. The topological polar surface area (TPSA) is 81.9 Å². The number of nitrogens with one attached hydrogen (secondary N) is 1. The fourth-order valence-electron chi connectivity index (χ4n) is 3.63. The average molecular weight is 413 g/mol. The molecule has 1 fully saturated rings. The molecule has 1 aliphatic rings. The lowest BCUT2D eigenvalue weighted by atomic mass is 10.1. The maximum absolute atomic E-state index is 12.5. The van der Waals surface area contributed by atoms with Crippen molar-refractivity contribution in [3.63, 3.8) is 0 Å². The van der Waals surface area contributed by atoms with Crippen LogP contribution in [0.15, 0.2) is 55.0 Å². The zero-order chi connectivity index (χ0) is 21.4. The molecule has 1 amide bonds. The molecule has 0 unspecified atom stereocenters. The Labute approximate surface area is 180 Å². The molecule has 2 heterocycles. The third-order valence-corrected chi connectivity index (χ3v) is 5.40. The van der Waals surface area contributed by atoms with E-state index in [9.17, 15) is 4.79 Å². The number of aromatic nitrogens is 4. The second kappa shape index (κ2) is 7.83. The van der Waals surface area contributed by atoms with E-state index < -0.39 is 0 Å². The smallest absolute Gasteiger partial charge is 0.251 e. The Kier molecular flexibility index (Phi) is 4.86. The van der Waals surface area contributed by atoms with E-state index in [0.717, 1.165) is 46.5 Å². The highest BCUT2D eigenvalue weighted by Crippen LogP contribution is 2.29. The summed E-state index contributed by atoms with van der Waals surface area (Å²) in [5.41, 5.74) is 4.87. The van der Waals surface area contributed by atoms with Crippen LogP contribution >= 0.6 is 0 Å². The SMILES string of the molecule is CCOc1cccc(-c2ncnc3c2cnn3-c2cc(C(=O)NC3CC3)ccc2C)c1. The van der Waals surface area contributed by atoms with Gasteiger partial charge in [-0.3, -0.25) is 4.79 Å². The van der Waals surface area contributed by atoms with E-state index in [1.807, 2.05) is 56.3 Å². The van der Waals surface area contributed by atoms with Crippen molar-refractivity contribution in [1.29, 1.82) is 0 Å². The molecule has 1 saturated carbocycles. The van der Waals surface area contributed by atoms with Crippen LogP contribution in [0.2, 0.25) is 0 Å². The minimum Gasteiger partial charge on any atom is -0.494 e. The number of hydrogen-bond acceptors (Lipinski definition) is 5. The molecule has 0 saturated heterocycles. The molecule has 2 aromatic heterocycles. The van der Waals surface area contributed by atoms with Gasteiger partial charge in [-0.25, -0.2) is 14.6 Å². The van der Waals surface area contributed by atoms with E-state index in [-0.39, 0.29) is 5.91 Å². The molecule has 1 N–H and O–H groups in total. The molecule has 7 heteroatoms. The predicted octanol–water partition coefficient (Wildman–Crippen LogP) is 4.08. The van der Waals surface area contributed by atoms with Crippen LogP contribution in [0.4, 0.5) is 0 Å². The Bertz CT molecular complexity index is 1280. The van der Waals surface area contributed by atoms with E-state index in [1.165, 1.54) is 0 Å². The number of aryl methyl sites for hydroxylation is 1. The summed E-state index contributed by atoms with van der Waals surface area (Å²) in [6.07, 6.45) is 5.42. The third kappa shape index (κ3) is 3.74. The van der Waals surface area contributed by atoms with Gasteiger partial charge in [0.1, 0.15) is 12.1 Å². The lowest BCUT2D eigenvalue weighted by molar-refractivity contribution is 0.0951. The summed E-state index contributed by atoms with van der Waals surface area (Å²) in [6.45, 7) is 4.56. The minimum absolute atomic E-state index is 0.0525. The van der Waals surface area contributed by atoms with Gasteiger partial charge in [0, 0.05) is 17.2 Å². The number of carbonyl (C=O) groups excluding carboxylic acids is 1. The number of nitrogens with zero attached hydrogens (tertiary/aromatic N) is 4. The highest BCUT2D eigenvalue weighted by atomic mass is 16.5. The first-order chi connectivity index (χ1) is 15.1. The summed E-state index contributed by atoms with van der Waals surface area (Å²) in [5.74, 6) is 0.743. The van der Waals surface area contributed by atoms with Crippen LogP contribution in [-0.4, -0.2) is 38.3 Å². The molecule has 156 valence electrons. The fraction of sp³-hybridized carbons (Fsp3) is 0.250. The molecule has 7 nitrogen and oxygen atoms in total. The molecule has 0 bridgehead atoms. The van der Waals surface area contributed by atoms with Crippen LogP contribution in [0.3, 0.4) is 0 Å². The zero-order valence-electron chi connectivity index (χ0n) is 17.5. The molecule has 0 aliphatic heterocycles. The Hall–Kier alpha value is -3.74. The van der Waals surface area contributed by atoms with Crippen LogP contribution in [0, 0.1) is 6.92 Å². The Morgan fingerprint density at radius 1 is 1.19 bits per heavy atom. The van der Waals surface area contributed by atoms with Crippen LogP contribution in [0.1, 0.15) is 35.7 Å². The summed E-state index contributed by atoms with van der Waals surface area (Å²) < 4.78 is 7.41. The standard InChI is InChI=1S/C24H23N5O2/c1-3-31-19-6-4-5-16(11-19)22-20-13-27-29(23(20)26-14-25-22)21-12-17(8-7-15(21)2)24(30)28-18-9-10-18/h4-8,11-14,18H,3,9-10H2,1-2H3,(H,28,30). The van der Waals surface area contributed by atoms with Crippen molar-refractivity contribution in [2.45, 2.75) is 32.7 Å². The first-order valence-corrected chi connectivity index (χ1v) is 10.5. The normalized spacial score (nSPS) is 13.4. The van der Waals surface area contributed by atoms with E-state index in [4.69, 9.17) is 4.74 Å². The summed E-state index contributed by atoms with van der Waals surface area (Å²) in [5, 5.41) is 8.47. The second-order valence-electron chi connectivity index (χ2n) is 7.73. The van der Waals surface area contributed by atoms with Crippen molar-refractivity contribution in [3.8, 4) is 22.7 Å². The number of rotatable bonds is 6. The Morgan fingerprint density at radius 3 is 2.87 bits per heavy atom. The van der Waals surface area contributed by atoms with E-state index in [2.05, 4.69) is 20.4 Å². The molecular weight excluding hydrogens is 390 g/mol. The first kappa shape index (κ1) is 19.2. The molecule has 0 spiro atoms. The van der Waals surface area contributed by atoms with Gasteiger partial charge in [-0.15, -0.1) is 0 Å². The molecule has 2 aromatic carbocycles. The van der Waals surface area contributed by atoms with Crippen molar-refractivity contribution in [2.24, 2.45) is 0 Å². The van der Waals surface area contributed by atoms with Crippen molar-refractivity contribution in [1.82, 2.24) is 25.1 Å². The largest absolute Gasteiger partial charge is 0.494 e. The van der Waals surface area contributed by atoms with Gasteiger partial charge in [0.15, 0.2) is 5.65 Å². The molecule has 5 rings (SSSR count). The maximum atomic E-state index is 12.5. The van der Waals surface area contributed by atoms with Gasteiger partial charge < -0.3 is 10.1 Å². The quantitative estimate of drug-likeness (QED) is 0.515. The Balaban J connectivity index is 1.57. The molecule has 0 radical (unpaired) electrons. The lowest BCUT2D eigenvalue weighted by Gasteiger charge is -2.10. The number of carbonyl (C=O) groups is 1. The van der Waals surface area contributed by atoms with Gasteiger partial charge in [0.05, 0.1) is 29.6 Å². The van der Waals surface area contributed by atoms with Crippen molar-refractivity contribution < 1.29 is 9.53 Å². The van der Waals surface area contributed by atoms with Gasteiger partial charge in [0.2, 0.25) is 0 Å². The predicted molar refractivity (Wildman–Crippen MR) is 118 cm³/mol. The highest BCUT2D eigenvalue weighted by Gasteiger charge is 2.24. The number of amides is 1. The fourth-order valence-corrected chi connectivity index (χ4v) is 3.63. The summed E-state index contributed by atoms with van der Waals surface area (Å²) in [4.78, 5) is 21.5. The van der Waals surface area contributed by atoms with Crippen molar-refractivity contribution in [3.05, 3.63) is 66.1 Å². The molecule has 31 heavy (non-hydrogen) atoms. The van der Waals surface area contributed by atoms with E-state index in [0.29, 0.717) is 23.9 Å². The summed E-state index contributed by atoms with van der Waals surface area (Å²) >= 11 is 0. The monoisotopic (exact) mass is 413 g/mol. The zero-order valence-corrected chi connectivity index (χ0v) is 17.5. The number of hydrogen-bond donors (Lipinski definition) is 1. The van der Waals surface area contributed by atoms with Gasteiger partial charge in [-0.05, 0) is 56.5 Å². The third-order valence-electron chi connectivity index (χ3n) is 5.40. The average Bonchev–Trinajstić information content (AvgIpc) is 3.49. The van der Waals surface area contributed by atoms with Gasteiger partial charge in [-0.2, -0.15) is 5.10 Å². The van der Waals surface area contributed by atoms with Crippen molar-refractivity contribution in [2.75, 3.05) is 6.61 Å². The maximum Gasteiger partial charge on any atom is 0.251 e. The van der Waals surface area contributed by atoms with Gasteiger partial charge >= 0.3 is 0 Å². The van der Waals surface area contributed by atoms with E-state index >= 15 is 0 Å². The van der Waals surface area contributed by atoms with Gasteiger partial charge in [0.25, 0.3) is 5.91 Å². The number of benzene rings is 2. The molecule has 4 aromatic rings. The van der Waals surface area contributed by atoms with Crippen molar-refractivity contribution >= 4 is 16.9 Å². The van der Waals surface area contributed by atoms with Crippen LogP contribution < -0.4 is 10.1 Å². The Morgan fingerprint density at radius 2 is 2.06 bits per heavy atom. The molecule has 0 atom stereocenters. The van der Waals surface area contributed by atoms with Crippen LogP contribution in [-0.2, 0) is 0 Å². The number of fused-ring (bicyclic) bond motifs is 1. The van der Waals surface area contributed by atoms with Crippen LogP contribution in [0.25, 0.3) is 28.0 Å².